The van der Waals surface area contributed by atoms with Crippen LogP contribution in [0.3, 0.4) is 0 Å². The summed E-state index contributed by atoms with van der Waals surface area (Å²) in [6.45, 7) is 5.08. The molecule has 0 amide bonds. The molecule has 0 bridgehead atoms. The fraction of sp³-hybridized carbons (Fsp3) is 0.545. The molecule has 0 aliphatic heterocycles. The van der Waals surface area contributed by atoms with Gasteiger partial charge < -0.3 is 10.0 Å². The largest absolute Gasteiger partial charge is 0.492 e. The lowest BCUT2D eigenvalue weighted by Gasteiger charge is -2.20. The maximum absolute atomic E-state index is 12.0. The predicted octanol–water partition coefficient (Wildman–Crippen LogP) is 0.480. The third-order valence-corrected chi connectivity index (χ3v) is 3.61. The van der Waals surface area contributed by atoms with Crippen LogP contribution in [0.4, 0.5) is 5.95 Å². The summed E-state index contributed by atoms with van der Waals surface area (Å²) in [7, 11) is -0.365. The van der Waals surface area contributed by atoms with Crippen LogP contribution in [0.15, 0.2) is 16.1 Å². The minimum Gasteiger partial charge on any atom is -0.492 e. The van der Waals surface area contributed by atoms with Gasteiger partial charge in [0.25, 0.3) is 5.95 Å². The first-order chi connectivity index (χ1) is 9.01. The zero-order chi connectivity index (χ0) is 15.6. The molecule has 8 nitrogen and oxygen atoms in total. The van der Waals surface area contributed by atoms with E-state index in [9.17, 15) is 13.5 Å². The monoisotopic (exact) mass is 301 g/mol. The molecule has 9 heteroatoms. The van der Waals surface area contributed by atoms with Gasteiger partial charge in [-0.15, -0.1) is 0 Å². The van der Waals surface area contributed by atoms with Gasteiger partial charge in [0.1, 0.15) is 0 Å². The van der Waals surface area contributed by atoms with Crippen LogP contribution in [0.25, 0.3) is 0 Å². The zero-order valence-electron chi connectivity index (χ0n) is 12.1. The molecule has 1 aromatic rings. The van der Waals surface area contributed by atoms with Crippen LogP contribution in [0.5, 0.6) is 5.88 Å². The lowest BCUT2D eigenvalue weighted by atomic mass is 10.1. The molecule has 112 valence electrons. The molecule has 0 saturated heterocycles. The van der Waals surface area contributed by atoms with Crippen molar-refractivity contribution in [2.45, 2.75) is 31.2 Å². The minimum atomic E-state index is -3.88. The standard InChI is InChI=1S/C11H19N5O3S/c1-11(2,3)15-20(18,19)8-6-12-10(14-9(8)17)13-7-16(4)5/h6-7,15H,1-5H3,(H,12,14,17). The highest BCUT2D eigenvalue weighted by molar-refractivity contribution is 7.89. The summed E-state index contributed by atoms with van der Waals surface area (Å²) in [6.07, 6.45) is 2.47. The van der Waals surface area contributed by atoms with E-state index in [1.165, 1.54) is 6.34 Å². The first-order valence-electron chi connectivity index (χ1n) is 5.82. The third-order valence-electron chi connectivity index (χ3n) is 1.86. The van der Waals surface area contributed by atoms with Crippen LogP contribution in [0.2, 0.25) is 0 Å². The van der Waals surface area contributed by atoms with E-state index in [-0.39, 0.29) is 10.8 Å². The van der Waals surface area contributed by atoms with E-state index in [1.807, 2.05) is 0 Å². The molecule has 0 atom stereocenters. The number of hydrogen-bond acceptors (Lipinski definition) is 6. The average Bonchev–Trinajstić information content (AvgIpc) is 2.22. The summed E-state index contributed by atoms with van der Waals surface area (Å²) in [6, 6.07) is 0. The highest BCUT2D eigenvalue weighted by atomic mass is 32.2. The van der Waals surface area contributed by atoms with E-state index in [0.717, 1.165) is 6.20 Å². The summed E-state index contributed by atoms with van der Waals surface area (Å²) >= 11 is 0. The van der Waals surface area contributed by atoms with Crippen LogP contribution < -0.4 is 4.72 Å². The molecule has 0 saturated carbocycles. The Balaban J connectivity index is 3.11. The lowest BCUT2D eigenvalue weighted by Crippen LogP contribution is -2.40. The summed E-state index contributed by atoms with van der Waals surface area (Å²) in [4.78, 5) is 12.6. The molecule has 0 aliphatic rings. The Morgan fingerprint density at radius 1 is 1.40 bits per heavy atom. The molecule has 0 aromatic carbocycles. The van der Waals surface area contributed by atoms with Crippen molar-refractivity contribution in [3.8, 4) is 5.88 Å². The fourth-order valence-electron chi connectivity index (χ4n) is 1.23. The number of hydrogen-bond donors (Lipinski definition) is 2. The molecule has 1 aromatic heterocycles. The van der Waals surface area contributed by atoms with E-state index >= 15 is 0 Å². The number of nitrogens with one attached hydrogen (secondary N) is 1. The van der Waals surface area contributed by atoms with E-state index in [2.05, 4.69) is 19.7 Å². The van der Waals surface area contributed by atoms with Gasteiger partial charge >= 0.3 is 0 Å². The maximum Gasteiger partial charge on any atom is 0.254 e. The molecule has 2 N–H and O–H groups in total. The third kappa shape index (κ3) is 4.74. The highest BCUT2D eigenvalue weighted by Crippen LogP contribution is 2.22. The van der Waals surface area contributed by atoms with Crippen LogP contribution in [0, 0.1) is 0 Å². The first-order valence-corrected chi connectivity index (χ1v) is 7.30. The van der Waals surface area contributed by atoms with Crippen LogP contribution >= 0.6 is 0 Å². The Labute approximate surface area is 118 Å². The SMILES string of the molecule is CN(C)C=Nc1ncc(S(=O)(=O)NC(C)(C)C)c(O)n1. The summed E-state index contributed by atoms with van der Waals surface area (Å²) < 4.78 is 26.5. The molecular weight excluding hydrogens is 282 g/mol. The van der Waals surface area contributed by atoms with Gasteiger partial charge in [-0.3, -0.25) is 0 Å². The molecule has 0 fully saturated rings. The molecule has 0 spiro atoms. The Kier molecular flexibility index (Phi) is 4.66. The molecule has 0 aliphatic carbocycles. The number of aromatic hydroxyl groups is 1. The predicted molar refractivity (Wildman–Crippen MR) is 75.6 cm³/mol. The van der Waals surface area contributed by atoms with Crippen molar-refractivity contribution in [1.29, 1.82) is 0 Å². The Hall–Kier alpha value is -1.74. The molecule has 20 heavy (non-hydrogen) atoms. The van der Waals surface area contributed by atoms with Gasteiger partial charge in [-0.05, 0) is 20.8 Å². The number of aliphatic imine (C=N–C) groups is 1. The van der Waals surface area contributed by atoms with Gasteiger partial charge in [0.2, 0.25) is 15.9 Å². The van der Waals surface area contributed by atoms with Crippen molar-refractivity contribution >= 4 is 22.3 Å². The summed E-state index contributed by atoms with van der Waals surface area (Å²) in [5.74, 6) is -0.659. The van der Waals surface area contributed by atoms with Crippen molar-refractivity contribution in [2.75, 3.05) is 14.1 Å². The second-order valence-corrected chi connectivity index (χ2v) is 7.07. The molecular formula is C11H19N5O3S. The quantitative estimate of drug-likeness (QED) is 0.618. The van der Waals surface area contributed by atoms with Gasteiger partial charge in [-0.25, -0.2) is 23.1 Å². The van der Waals surface area contributed by atoms with Crippen molar-refractivity contribution in [3.05, 3.63) is 6.20 Å². The van der Waals surface area contributed by atoms with E-state index < -0.39 is 21.4 Å². The van der Waals surface area contributed by atoms with Gasteiger partial charge in [0.15, 0.2) is 4.90 Å². The van der Waals surface area contributed by atoms with Crippen molar-refractivity contribution in [2.24, 2.45) is 4.99 Å². The number of sulfonamides is 1. The first kappa shape index (κ1) is 16.3. The van der Waals surface area contributed by atoms with Gasteiger partial charge in [0, 0.05) is 19.6 Å². The molecule has 0 unspecified atom stereocenters. The number of aromatic nitrogens is 2. The van der Waals surface area contributed by atoms with E-state index in [4.69, 9.17) is 0 Å². The van der Waals surface area contributed by atoms with E-state index in [1.54, 1.807) is 39.8 Å². The Morgan fingerprint density at radius 3 is 2.45 bits per heavy atom. The molecule has 1 rings (SSSR count). The molecule has 1 heterocycles. The lowest BCUT2D eigenvalue weighted by molar-refractivity contribution is 0.431. The van der Waals surface area contributed by atoms with Crippen LogP contribution in [-0.4, -0.2) is 54.4 Å². The second-order valence-electron chi connectivity index (χ2n) is 5.42. The Bertz CT molecular complexity index is 605. The van der Waals surface area contributed by atoms with Gasteiger partial charge in [0.05, 0.1) is 12.5 Å². The van der Waals surface area contributed by atoms with Crippen LogP contribution in [-0.2, 0) is 10.0 Å². The smallest absolute Gasteiger partial charge is 0.254 e. The maximum atomic E-state index is 12.0. The summed E-state index contributed by atoms with van der Waals surface area (Å²) in [5, 5.41) is 9.73. The fourth-order valence-corrected chi connectivity index (χ4v) is 2.62. The number of rotatable bonds is 4. The topological polar surface area (TPSA) is 108 Å². The van der Waals surface area contributed by atoms with Crippen molar-refractivity contribution in [1.82, 2.24) is 19.6 Å². The van der Waals surface area contributed by atoms with Gasteiger partial charge in [-0.2, -0.15) is 4.98 Å². The number of nitrogens with zero attached hydrogens (tertiary/aromatic N) is 4. The van der Waals surface area contributed by atoms with Crippen LogP contribution in [0.1, 0.15) is 20.8 Å². The average molecular weight is 301 g/mol. The minimum absolute atomic E-state index is 0.0223. The van der Waals surface area contributed by atoms with E-state index in [0.29, 0.717) is 0 Å². The second kappa shape index (κ2) is 5.71. The summed E-state index contributed by atoms with van der Waals surface area (Å²) in [5.41, 5.74) is -0.674. The Morgan fingerprint density at radius 2 is 2.00 bits per heavy atom. The zero-order valence-corrected chi connectivity index (χ0v) is 12.9. The molecule has 0 radical (unpaired) electrons. The normalized spacial score (nSPS) is 12.8. The highest BCUT2D eigenvalue weighted by Gasteiger charge is 2.26. The van der Waals surface area contributed by atoms with Crippen molar-refractivity contribution < 1.29 is 13.5 Å². The van der Waals surface area contributed by atoms with Gasteiger partial charge in [-0.1, -0.05) is 0 Å². The van der Waals surface area contributed by atoms with Crippen molar-refractivity contribution in [3.63, 3.8) is 0 Å².